The minimum absolute atomic E-state index is 0.203. The number of rotatable bonds is 5. The quantitative estimate of drug-likeness (QED) is 0.691. The van der Waals surface area contributed by atoms with Crippen LogP contribution in [0, 0.1) is 11.3 Å². The molecule has 0 saturated carbocycles. The molecule has 1 aliphatic rings. The van der Waals surface area contributed by atoms with E-state index in [-0.39, 0.29) is 11.3 Å². The highest BCUT2D eigenvalue weighted by Gasteiger charge is 2.34. The molecule has 2 aromatic rings. The van der Waals surface area contributed by atoms with Crippen LogP contribution in [0.1, 0.15) is 54.9 Å². The van der Waals surface area contributed by atoms with E-state index in [1.54, 1.807) is 19.1 Å². The molecule has 1 aromatic carbocycles. The average Bonchev–Trinajstić information content (AvgIpc) is 3.04. The van der Waals surface area contributed by atoms with Gasteiger partial charge in [0.05, 0.1) is 12.7 Å². The van der Waals surface area contributed by atoms with Crippen LogP contribution in [0.3, 0.4) is 0 Å². The molecule has 1 heterocycles. The second kappa shape index (κ2) is 8.57. The molecule has 0 bridgehead atoms. The van der Waals surface area contributed by atoms with Gasteiger partial charge in [-0.05, 0) is 55.2 Å². The van der Waals surface area contributed by atoms with Gasteiger partial charge in [0, 0.05) is 4.88 Å². The molecule has 1 amide bonds. The van der Waals surface area contributed by atoms with E-state index < -0.39 is 12.1 Å². The Morgan fingerprint density at radius 3 is 2.52 bits per heavy atom. The van der Waals surface area contributed by atoms with E-state index in [4.69, 9.17) is 9.47 Å². The smallest absolute Gasteiger partial charge is 0.341 e. The Hall–Kier alpha value is -2.34. The maximum absolute atomic E-state index is 12.7. The van der Waals surface area contributed by atoms with Gasteiger partial charge < -0.3 is 14.8 Å². The van der Waals surface area contributed by atoms with Gasteiger partial charge in [-0.15, -0.1) is 11.3 Å². The molecule has 29 heavy (non-hydrogen) atoms. The maximum atomic E-state index is 12.7. The lowest BCUT2D eigenvalue weighted by molar-refractivity contribution is -0.122. The fourth-order valence-corrected chi connectivity index (χ4v) is 5.02. The van der Waals surface area contributed by atoms with Gasteiger partial charge in [-0.2, -0.15) is 0 Å². The standard InChI is InChI=1S/C23H29NO4S/c1-14(28-16-9-7-6-8-10-16)20(25)24-21-19(22(26)27-5)17-12-11-15(23(2,3)4)13-18(17)29-21/h6-10,14-15H,11-13H2,1-5H3,(H,24,25). The molecule has 0 spiro atoms. The van der Waals surface area contributed by atoms with Crippen LogP contribution < -0.4 is 10.1 Å². The normalized spacial score (nSPS) is 17.2. The number of amides is 1. The molecule has 2 unspecified atom stereocenters. The number of thiophene rings is 1. The van der Waals surface area contributed by atoms with Crippen LogP contribution in [-0.2, 0) is 22.4 Å². The Labute approximate surface area is 176 Å². The van der Waals surface area contributed by atoms with Crippen LogP contribution in [0.15, 0.2) is 30.3 Å². The number of fused-ring (bicyclic) bond motifs is 1. The number of para-hydroxylation sites is 1. The van der Waals surface area contributed by atoms with E-state index in [2.05, 4.69) is 26.1 Å². The Morgan fingerprint density at radius 1 is 1.21 bits per heavy atom. The van der Waals surface area contributed by atoms with E-state index in [1.807, 2.05) is 18.2 Å². The predicted molar refractivity (Wildman–Crippen MR) is 116 cm³/mol. The number of nitrogens with one attached hydrogen (secondary N) is 1. The fraction of sp³-hybridized carbons (Fsp3) is 0.478. The third-order valence-corrected chi connectivity index (χ3v) is 6.71. The van der Waals surface area contributed by atoms with Crippen LogP contribution in [0.4, 0.5) is 5.00 Å². The van der Waals surface area contributed by atoms with E-state index in [9.17, 15) is 9.59 Å². The Kier molecular flexibility index (Phi) is 6.32. The van der Waals surface area contributed by atoms with Gasteiger partial charge in [0.1, 0.15) is 10.8 Å². The summed E-state index contributed by atoms with van der Waals surface area (Å²) in [7, 11) is 1.37. The molecule has 1 aliphatic carbocycles. The molecule has 3 rings (SSSR count). The monoisotopic (exact) mass is 415 g/mol. The van der Waals surface area contributed by atoms with Crippen molar-refractivity contribution in [2.24, 2.45) is 11.3 Å². The summed E-state index contributed by atoms with van der Waals surface area (Å²) < 4.78 is 10.7. The molecule has 2 atom stereocenters. The topological polar surface area (TPSA) is 64.6 Å². The molecule has 0 aliphatic heterocycles. The van der Waals surface area contributed by atoms with Gasteiger partial charge in [-0.1, -0.05) is 39.0 Å². The highest BCUT2D eigenvalue weighted by atomic mass is 32.1. The number of benzene rings is 1. The first kappa shape index (κ1) is 21.4. The fourth-order valence-electron chi connectivity index (χ4n) is 3.70. The van der Waals surface area contributed by atoms with Crippen molar-refractivity contribution >= 4 is 28.2 Å². The van der Waals surface area contributed by atoms with Gasteiger partial charge >= 0.3 is 5.97 Å². The summed E-state index contributed by atoms with van der Waals surface area (Å²) >= 11 is 1.49. The van der Waals surface area contributed by atoms with Gasteiger partial charge in [0.15, 0.2) is 6.10 Å². The second-order valence-electron chi connectivity index (χ2n) is 8.57. The summed E-state index contributed by atoms with van der Waals surface area (Å²) in [5, 5.41) is 3.47. The van der Waals surface area contributed by atoms with Crippen LogP contribution in [0.25, 0.3) is 0 Å². The summed E-state index contributed by atoms with van der Waals surface area (Å²) in [6.45, 7) is 8.46. The van der Waals surface area contributed by atoms with Crippen molar-refractivity contribution in [3.63, 3.8) is 0 Å². The number of ether oxygens (including phenoxy) is 2. The third-order valence-electron chi connectivity index (χ3n) is 5.54. The number of carbonyl (C=O) groups is 2. The van der Waals surface area contributed by atoms with Gasteiger partial charge in [0.2, 0.25) is 0 Å². The van der Waals surface area contributed by atoms with Crippen molar-refractivity contribution < 1.29 is 19.1 Å². The first-order valence-electron chi connectivity index (χ1n) is 9.96. The highest BCUT2D eigenvalue weighted by molar-refractivity contribution is 7.17. The number of esters is 1. The predicted octanol–water partition coefficient (Wildman–Crippen LogP) is 5.09. The second-order valence-corrected chi connectivity index (χ2v) is 9.67. The molecule has 0 fully saturated rings. The average molecular weight is 416 g/mol. The molecular formula is C23H29NO4S. The van der Waals surface area contributed by atoms with Crippen molar-refractivity contribution in [3.8, 4) is 5.75 Å². The number of hydrogen-bond acceptors (Lipinski definition) is 5. The van der Waals surface area contributed by atoms with Crippen molar-refractivity contribution in [2.75, 3.05) is 12.4 Å². The summed E-state index contributed by atoms with van der Waals surface area (Å²) in [5.74, 6) is 0.485. The Bertz CT molecular complexity index is 882. The first-order valence-corrected chi connectivity index (χ1v) is 10.8. The molecule has 156 valence electrons. The van der Waals surface area contributed by atoms with Crippen molar-refractivity contribution in [2.45, 2.75) is 53.1 Å². The molecular weight excluding hydrogens is 386 g/mol. The first-order chi connectivity index (χ1) is 13.7. The van der Waals surface area contributed by atoms with Crippen LogP contribution in [0.2, 0.25) is 0 Å². The lowest BCUT2D eigenvalue weighted by atomic mass is 9.72. The zero-order chi connectivity index (χ0) is 21.2. The van der Waals surface area contributed by atoms with E-state index in [0.717, 1.165) is 24.8 Å². The van der Waals surface area contributed by atoms with Crippen LogP contribution in [0.5, 0.6) is 5.75 Å². The summed E-state index contributed by atoms with van der Waals surface area (Å²) in [5.41, 5.74) is 1.73. The molecule has 1 N–H and O–H groups in total. The SMILES string of the molecule is COC(=O)c1c(NC(=O)C(C)Oc2ccccc2)sc2c1CCC(C(C)(C)C)C2. The summed E-state index contributed by atoms with van der Waals surface area (Å²) in [4.78, 5) is 26.4. The van der Waals surface area contributed by atoms with Gasteiger partial charge in [-0.3, -0.25) is 4.79 Å². The molecule has 5 nitrogen and oxygen atoms in total. The maximum Gasteiger partial charge on any atom is 0.341 e. The van der Waals surface area contributed by atoms with E-state index in [0.29, 0.717) is 22.2 Å². The Balaban J connectivity index is 1.82. The van der Waals surface area contributed by atoms with E-state index in [1.165, 1.54) is 23.3 Å². The van der Waals surface area contributed by atoms with Crippen LogP contribution >= 0.6 is 11.3 Å². The minimum Gasteiger partial charge on any atom is -0.481 e. The van der Waals surface area contributed by atoms with Gasteiger partial charge in [-0.25, -0.2) is 4.79 Å². The Morgan fingerprint density at radius 2 is 1.90 bits per heavy atom. The third kappa shape index (κ3) is 4.81. The van der Waals surface area contributed by atoms with Crippen molar-refractivity contribution in [3.05, 3.63) is 46.3 Å². The zero-order valence-corrected chi connectivity index (χ0v) is 18.5. The number of methoxy groups -OCH3 is 1. The zero-order valence-electron chi connectivity index (χ0n) is 17.7. The van der Waals surface area contributed by atoms with Crippen LogP contribution in [-0.4, -0.2) is 25.1 Å². The van der Waals surface area contributed by atoms with E-state index >= 15 is 0 Å². The lowest BCUT2D eigenvalue weighted by Crippen LogP contribution is -2.30. The minimum atomic E-state index is -0.690. The van der Waals surface area contributed by atoms with Crippen molar-refractivity contribution in [1.82, 2.24) is 0 Å². The number of hydrogen-bond donors (Lipinski definition) is 1. The summed E-state index contributed by atoms with van der Waals surface area (Å²) in [6.07, 6.45) is 2.08. The molecule has 6 heteroatoms. The lowest BCUT2D eigenvalue weighted by Gasteiger charge is -2.33. The molecule has 1 aromatic heterocycles. The van der Waals surface area contributed by atoms with Crippen molar-refractivity contribution in [1.29, 1.82) is 0 Å². The number of carbonyl (C=O) groups excluding carboxylic acids is 2. The molecule has 0 radical (unpaired) electrons. The van der Waals surface area contributed by atoms with Gasteiger partial charge in [0.25, 0.3) is 5.91 Å². The number of anilines is 1. The molecule has 0 saturated heterocycles. The summed E-state index contributed by atoms with van der Waals surface area (Å²) in [6, 6.07) is 9.21. The highest BCUT2D eigenvalue weighted by Crippen LogP contribution is 2.44. The largest absolute Gasteiger partial charge is 0.481 e.